The fourth-order valence-electron chi connectivity index (χ4n) is 1.90. The second-order valence-electron chi connectivity index (χ2n) is 5.31. The van der Waals surface area contributed by atoms with Crippen LogP contribution in [0.3, 0.4) is 0 Å². The van der Waals surface area contributed by atoms with Crippen molar-refractivity contribution in [1.82, 2.24) is 0 Å². The number of halogens is 3. The third-order valence-electron chi connectivity index (χ3n) is 3.51. The van der Waals surface area contributed by atoms with Gasteiger partial charge in [-0.2, -0.15) is 13.2 Å². The van der Waals surface area contributed by atoms with Crippen LogP contribution in [0, 0.1) is 0 Å². The first kappa shape index (κ1) is 13.2. The normalized spacial score (nSPS) is 17.4. The molecule has 0 saturated heterocycles. The standard InChI is InChI=1S/C14H17F3O/c1-13(2,14(15,16)17)18-12-8-6-11(7-9-12)10-4-3-5-10/h6-10H,3-5H2,1-2H3. The second-order valence-corrected chi connectivity index (χ2v) is 5.31. The molecule has 0 bridgehead atoms. The van der Waals surface area contributed by atoms with Crippen molar-refractivity contribution < 1.29 is 17.9 Å². The molecule has 0 radical (unpaired) electrons. The van der Waals surface area contributed by atoms with Gasteiger partial charge in [0.25, 0.3) is 0 Å². The maximum Gasteiger partial charge on any atom is 0.427 e. The molecule has 0 atom stereocenters. The third kappa shape index (κ3) is 2.62. The molecule has 0 aliphatic heterocycles. The number of rotatable bonds is 3. The van der Waals surface area contributed by atoms with E-state index in [1.807, 2.05) is 12.1 Å². The van der Waals surface area contributed by atoms with E-state index in [4.69, 9.17) is 4.74 Å². The van der Waals surface area contributed by atoms with Gasteiger partial charge in [-0.15, -0.1) is 0 Å². The highest BCUT2D eigenvalue weighted by Gasteiger charge is 2.49. The summed E-state index contributed by atoms with van der Waals surface area (Å²) in [6.45, 7) is 2.07. The van der Waals surface area contributed by atoms with Gasteiger partial charge in [-0.05, 0) is 50.3 Å². The summed E-state index contributed by atoms with van der Waals surface area (Å²) in [5.74, 6) is 0.843. The van der Waals surface area contributed by atoms with Crippen molar-refractivity contribution in [2.24, 2.45) is 0 Å². The smallest absolute Gasteiger partial charge is 0.427 e. The molecule has 100 valence electrons. The quantitative estimate of drug-likeness (QED) is 0.765. The number of hydrogen-bond acceptors (Lipinski definition) is 1. The third-order valence-corrected chi connectivity index (χ3v) is 3.51. The van der Waals surface area contributed by atoms with Crippen LogP contribution < -0.4 is 4.74 Å². The van der Waals surface area contributed by atoms with Crippen LogP contribution in [0.25, 0.3) is 0 Å². The molecule has 1 aliphatic rings. The Bertz CT molecular complexity index is 402. The first-order valence-electron chi connectivity index (χ1n) is 6.15. The van der Waals surface area contributed by atoms with Crippen LogP contribution in [0.15, 0.2) is 24.3 Å². The van der Waals surface area contributed by atoms with E-state index in [1.165, 1.54) is 24.8 Å². The minimum atomic E-state index is -4.38. The molecule has 1 aliphatic carbocycles. The molecule has 0 amide bonds. The van der Waals surface area contributed by atoms with E-state index in [-0.39, 0.29) is 5.75 Å². The van der Waals surface area contributed by atoms with E-state index in [0.29, 0.717) is 5.92 Å². The molecule has 1 saturated carbocycles. The summed E-state index contributed by atoms with van der Waals surface area (Å²) in [5.41, 5.74) is -0.969. The van der Waals surface area contributed by atoms with Gasteiger partial charge in [0.2, 0.25) is 0 Å². The summed E-state index contributed by atoms with van der Waals surface area (Å²) in [6.07, 6.45) is -0.786. The lowest BCUT2D eigenvalue weighted by Gasteiger charge is -2.29. The van der Waals surface area contributed by atoms with Crippen LogP contribution in [0.4, 0.5) is 13.2 Å². The number of benzene rings is 1. The zero-order valence-electron chi connectivity index (χ0n) is 10.6. The van der Waals surface area contributed by atoms with Gasteiger partial charge in [-0.1, -0.05) is 18.6 Å². The summed E-state index contributed by atoms with van der Waals surface area (Å²) in [5, 5.41) is 0. The second kappa shape index (κ2) is 4.48. The zero-order chi connectivity index (χ0) is 13.4. The maximum absolute atomic E-state index is 12.7. The fraction of sp³-hybridized carbons (Fsp3) is 0.571. The van der Waals surface area contributed by atoms with Crippen molar-refractivity contribution in [1.29, 1.82) is 0 Å². The predicted molar refractivity (Wildman–Crippen MR) is 63.8 cm³/mol. The SMILES string of the molecule is CC(C)(Oc1ccc(C2CCC2)cc1)C(F)(F)F. The van der Waals surface area contributed by atoms with E-state index < -0.39 is 11.8 Å². The monoisotopic (exact) mass is 258 g/mol. The Morgan fingerprint density at radius 3 is 2.00 bits per heavy atom. The Kier molecular flexibility index (Phi) is 3.30. The largest absolute Gasteiger partial charge is 0.478 e. The molecule has 2 rings (SSSR count). The van der Waals surface area contributed by atoms with Crippen molar-refractivity contribution in [3.8, 4) is 5.75 Å². The molecule has 0 unspecified atom stereocenters. The van der Waals surface area contributed by atoms with Crippen molar-refractivity contribution in [3.05, 3.63) is 29.8 Å². The van der Waals surface area contributed by atoms with Crippen LogP contribution >= 0.6 is 0 Å². The Morgan fingerprint density at radius 2 is 1.61 bits per heavy atom. The maximum atomic E-state index is 12.7. The first-order chi connectivity index (χ1) is 8.29. The lowest BCUT2D eigenvalue weighted by molar-refractivity contribution is -0.234. The van der Waals surface area contributed by atoms with Gasteiger partial charge in [0, 0.05) is 0 Å². The molecule has 1 aromatic rings. The minimum absolute atomic E-state index is 0.264. The lowest BCUT2D eigenvalue weighted by atomic mass is 9.80. The summed E-state index contributed by atoms with van der Waals surface area (Å²) < 4.78 is 43.0. The molecular formula is C14H17F3O. The van der Waals surface area contributed by atoms with Gasteiger partial charge in [0.1, 0.15) is 5.75 Å². The van der Waals surface area contributed by atoms with Crippen molar-refractivity contribution in [2.75, 3.05) is 0 Å². The molecular weight excluding hydrogens is 241 g/mol. The van der Waals surface area contributed by atoms with Gasteiger partial charge >= 0.3 is 6.18 Å². The van der Waals surface area contributed by atoms with Crippen LogP contribution in [0.2, 0.25) is 0 Å². The summed E-state index contributed by atoms with van der Waals surface area (Å²) in [7, 11) is 0. The predicted octanol–water partition coefficient (Wildman–Crippen LogP) is 4.67. The van der Waals surface area contributed by atoms with Crippen LogP contribution in [-0.2, 0) is 0 Å². The molecule has 0 heterocycles. The van der Waals surface area contributed by atoms with Crippen molar-refractivity contribution in [3.63, 3.8) is 0 Å². The number of hydrogen-bond donors (Lipinski definition) is 0. The molecule has 0 N–H and O–H groups in total. The van der Waals surface area contributed by atoms with Gasteiger partial charge < -0.3 is 4.74 Å². The summed E-state index contributed by atoms with van der Waals surface area (Å²) >= 11 is 0. The molecule has 1 aromatic carbocycles. The highest BCUT2D eigenvalue weighted by atomic mass is 19.4. The van der Waals surface area contributed by atoms with Gasteiger partial charge in [0.05, 0.1) is 0 Å². The van der Waals surface area contributed by atoms with E-state index in [9.17, 15) is 13.2 Å². The zero-order valence-corrected chi connectivity index (χ0v) is 10.6. The molecule has 18 heavy (non-hydrogen) atoms. The first-order valence-corrected chi connectivity index (χ1v) is 6.15. The molecule has 1 nitrogen and oxygen atoms in total. The molecule has 1 fully saturated rings. The van der Waals surface area contributed by atoms with E-state index in [1.54, 1.807) is 12.1 Å². The average Bonchev–Trinajstić information content (AvgIpc) is 2.16. The van der Waals surface area contributed by atoms with Crippen LogP contribution in [0.5, 0.6) is 5.75 Å². The van der Waals surface area contributed by atoms with E-state index >= 15 is 0 Å². The Hall–Kier alpha value is -1.19. The van der Waals surface area contributed by atoms with Gasteiger partial charge in [-0.25, -0.2) is 0 Å². The summed E-state index contributed by atoms with van der Waals surface area (Å²) in [4.78, 5) is 0. The lowest BCUT2D eigenvalue weighted by Crippen LogP contribution is -2.44. The fourth-order valence-corrected chi connectivity index (χ4v) is 1.90. The number of alkyl halides is 3. The van der Waals surface area contributed by atoms with Crippen LogP contribution in [0.1, 0.15) is 44.6 Å². The van der Waals surface area contributed by atoms with Crippen LogP contribution in [-0.4, -0.2) is 11.8 Å². The molecule has 0 spiro atoms. The molecule has 4 heteroatoms. The topological polar surface area (TPSA) is 9.23 Å². The van der Waals surface area contributed by atoms with E-state index in [0.717, 1.165) is 13.8 Å². The van der Waals surface area contributed by atoms with Crippen molar-refractivity contribution >= 4 is 0 Å². The average molecular weight is 258 g/mol. The highest BCUT2D eigenvalue weighted by Crippen LogP contribution is 2.38. The Balaban J connectivity index is 2.06. The Morgan fingerprint density at radius 1 is 1.06 bits per heavy atom. The number of ether oxygens (including phenoxy) is 1. The highest BCUT2D eigenvalue weighted by molar-refractivity contribution is 5.30. The van der Waals surface area contributed by atoms with Crippen molar-refractivity contribution in [2.45, 2.75) is 50.8 Å². The van der Waals surface area contributed by atoms with E-state index in [2.05, 4.69) is 0 Å². The summed E-state index contributed by atoms with van der Waals surface area (Å²) in [6, 6.07) is 6.99. The van der Waals surface area contributed by atoms with Gasteiger partial charge in [0.15, 0.2) is 5.60 Å². The Labute approximate surface area is 105 Å². The minimum Gasteiger partial charge on any atom is -0.478 e. The van der Waals surface area contributed by atoms with Gasteiger partial charge in [-0.3, -0.25) is 0 Å². The molecule has 0 aromatic heterocycles.